The zero-order valence-electron chi connectivity index (χ0n) is 16.8. The normalized spacial score (nSPS) is 12.3. The lowest BCUT2D eigenvalue weighted by atomic mass is 10.0. The maximum Gasteiger partial charge on any atom is 0.252 e. The summed E-state index contributed by atoms with van der Waals surface area (Å²) < 4.78 is 13.1. The van der Waals surface area contributed by atoms with Crippen LogP contribution in [0, 0.1) is 11.2 Å². The van der Waals surface area contributed by atoms with Gasteiger partial charge in [0.25, 0.3) is 5.91 Å². The zero-order chi connectivity index (χ0) is 22.2. The summed E-state index contributed by atoms with van der Waals surface area (Å²) >= 11 is 0. The number of aliphatic hydroxyl groups is 1. The van der Waals surface area contributed by atoms with E-state index in [2.05, 4.69) is 10.3 Å². The molecule has 6 nitrogen and oxygen atoms in total. The van der Waals surface area contributed by atoms with E-state index in [-0.39, 0.29) is 23.8 Å². The second kappa shape index (κ2) is 10.3. The highest BCUT2D eigenvalue weighted by molar-refractivity contribution is 6.11. The maximum absolute atomic E-state index is 13.1. The monoisotopic (exact) mass is 418 g/mol. The molecule has 0 spiro atoms. The molecule has 0 aliphatic rings. The molecule has 5 N–H and O–H groups in total. The average molecular weight is 418 g/mol. The standard InChI is InChI=1S/C24H23FN4O2/c25-17-10-8-16(9-11-17)22(26)14-23(27)20-6-1-2-7-21(20)24(31)29-19(15-30)13-18-5-3-4-12-28-18/h1-12,14,19,26,30H,13,15,27H2,(H,29,31)/t19-/m1/s1. The molecular formula is C24H23FN4O2. The molecule has 0 aliphatic carbocycles. The van der Waals surface area contributed by atoms with Crippen molar-refractivity contribution in [2.24, 2.45) is 5.73 Å². The first-order valence-electron chi connectivity index (χ1n) is 9.70. The Kier molecular flexibility index (Phi) is 7.24. The number of carbonyl (C=O) groups is 1. The number of nitrogens with one attached hydrogen (secondary N) is 2. The topological polar surface area (TPSA) is 112 Å². The van der Waals surface area contributed by atoms with Crippen LogP contribution in [0.1, 0.15) is 27.2 Å². The Balaban J connectivity index is 1.79. The number of halogens is 1. The van der Waals surface area contributed by atoms with E-state index in [1.807, 2.05) is 12.1 Å². The first kappa shape index (κ1) is 21.9. The van der Waals surface area contributed by atoms with E-state index >= 15 is 0 Å². The third-order valence-corrected chi connectivity index (χ3v) is 4.68. The number of pyridine rings is 1. The van der Waals surface area contributed by atoms with Crippen LogP contribution in [0.5, 0.6) is 0 Å². The largest absolute Gasteiger partial charge is 0.398 e. The number of nitrogens with zero attached hydrogens (tertiary/aromatic N) is 1. The van der Waals surface area contributed by atoms with Crippen LogP contribution in [0.4, 0.5) is 4.39 Å². The minimum Gasteiger partial charge on any atom is -0.398 e. The van der Waals surface area contributed by atoms with Gasteiger partial charge in [-0.2, -0.15) is 0 Å². The van der Waals surface area contributed by atoms with Crippen molar-refractivity contribution in [3.8, 4) is 0 Å². The Labute approximate surface area is 179 Å². The molecule has 0 radical (unpaired) electrons. The third kappa shape index (κ3) is 5.83. The molecule has 0 bridgehead atoms. The summed E-state index contributed by atoms with van der Waals surface area (Å²) in [6.45, 7) is -0.245. The molecule has 0 unspecified atom stereocenters. The zero-order valence-corrected chi connectivity index (χ0v) is 16.8. The van der Waals surface area contributed by atoms with Crippen molar-refractivity contribution in [2.45, 2.75) is 12.5 Å². The number of carbonyl (C=O) groups excluding carboxylic acids is 1. The number of benzene rings is 2. The van der Waals surface area contributed by atoms with E-state index in [0.717, 1.165) is 5.69 Å². The summed E-state index contributed by atoms with van der Waals surface area (Å²) in [5, 5.41) is 20.7. The predicted molar refractivity (Wildman–Crippen MR) is 118 cm³/mol. The van der Waals surface area contributed by atoms with Crippen molar-refractivity contribution < 1.29 is 14.3 Å². The van der Waals surface area contributed by atoms with Crippen LogP contribution < -0.4 is 11.1 Å². The van der Waals surface area contributed by atoms with Crippen molar-refractivity contribution in [1.29, 1.82) is 5.41 Å². The van der Waals surface area contributed by atoms with Gasteiger partial charge < -0.3 is 21.6 Å². The Morgan fingerprint density at radius 3 is 2.42 bits per heavy atom. The average Bonchev–Trinajstić information content (AvgIpc) is 2.79. The second-order valence-corrected chi connectivity index (χ2v) is 6.94. The fraction of sp³-hybridized carbons (Fsp3) is 0.125. The summed E-state index contributed by atoms with van der Waals surface area (Å²) in [5.74, 6) is -0.782. The van der Waals surface area contributed by atoms with E-state index in [4.69, 9.17) is 11.1 Å². The number of hydrogen-bond acceptors (Lipinski definition) is 5. The summed E-state index contributed by atoms with van der Waals surface area (Å²) in [7, 11) is 0. The molecule has 1 amide bonds. The van der Waals surface area contributed by atoms with Crippen LogP contribution in [-0.4, -0.2) is 34.4 Å². The first-order valence-corrected chi connectivity index (χ1v) is 9.70. The molecule has 7 heteroatoms. The highest BCUT2D eigenvalue weighted by Gasteiger charge is 2.18. The summed E-state index contributed by atoms with van der Waals surface area (Å²) in [4.78, 5) is 17.1. The Morgan fingerprint density at radius 2 is 1.77 bits per heavy atom. The van der Waals surface area contributed by atoms with E-state index in [9.17, 15) is 14.3 Å². The number of aliphatic hydroxyl groups excluding tert-OH is 1. The minimum atomic E-state index is -0.516. The fourth-order valence-electron chi connectivity index (χ4n) is 3.07. The van der Waals surface area contributed by atoms with Crippen molar-refractivity contribution in [3.63, 3.8) is 0 Å². The lowest BCUT2D eigenvalue weighted by Crippen LogP contribution is -2.39. The van der Waals surface area contributed by atoms with E-state index < -0.39 is 11.9 Å². The summed E-state index contributed by atoms with van der Waals surface area (Å²) in [6, 6.07) is 17.2. The summed E-state index contributed by atoms with van der Waals surface area (Å²) in [6.07, 6.45) is 3.46. The van der Waals surface area contributed by atoms with Crippen molar-refractivity contribution >= 4 is 17.3 Å². The van der Waals surface area contributed by atoms with Crippen LogP contribution in [0.2, 0.25) is 0 Å². The van der Waals surface area contributed by atoms with Crippen molar-refractivity contribution in [1.82, 2.24) is 10.3 Å². The SMILES string of the molecule is N=C(C=C(N)c1ccccc1C(=O)N[C@@H](CO)Cc1ccccn1)c1ccc(F)cc1. The molecule has 0 fully saturated rings. The van der Waals surface area contributed by atoms with E-state index in [1.165, 1.54) is 30.3 Å². The Morgan fingerprint density at radius 1 is 1.10 bits per heavy atom. The van der Waals surface area contributed by atoms with Gasteiger partial charge in [-0.05, 0) is 54.1 Å². The van der Waals surface area contributed by atoms with Gasteiger partial charge in [-0.25, -0.2) is 4.39 Å². The van der Waals surface area contributed by atoms with Gasteiger partial charge >= 0.3 is 0 Å². The third-order valence-electron chi connectivity index (χ3n) is 4.68. The molecule has 1 heterocycles. The molecule has 3 aromatic rings. The molecular weight excluding hydrogens is 395 g/mol. The fourth-order valence-corrected chi connectivity index (χ4v) is 3.07. The smallest absolute Gasteiger partial charge is 0.252 e. The number of amides is 1. The van der Waals surface area contributed by atoms with Gasteiger partial charge in [-0.1, -0.05) is 24.3 Å². The quantitative estimate of drug-likeness (QED) is 0.421. The van der Waals surface area contributed by atoms with Crippen LogP contribution in [-0.2, 0) is 6.42 Å². The van der Waals surface area contributed by atoms with Crippen molar-refractivity contribution in [2.75, 3.05) is 6.61 Å². The highest BCUT2D eigenvalue weighted by Crippen LogP contribution is 2.17. The Bertz CT molecular complexity index is 1080. The molecule has 3 rings (SSSR count). The van der Waals surface area contributed by atoms with Gasteiger partial charge in [-0.15, -0.1) is 0 Å². The number of rotatable bonds is 8. The lowest BCUT2D eigenvalue weighted by Gasteiger charge is -2.17. The van der Waals surface area contributed by atoms with Crippen LogP contribution >= 0.6 is 0 Å². The lowest BCUT2D eigenvalue weighted by molar-refractivity contribution is 0.0916. The molecule has 0 saturated heterocycles. The second-order valence-electron chi connectivity index (χ2n) is 6.94. The van der Waals surface area contributed by atoms with Gasteiger partial charge in [0.2, 0.25) is 0 Å². The van der Waals surface area contributed by atoms with Crippen LogP contribution in [0.25, 0.3) is 5.70 Å². The molecule has 0 aliphatic heterocycles. The minimum absolute atomic E-state index is 0.0936. The number of nitrogens with two attached hydrogens (primary N) is 1. The Hall–Kier alpha value is -3.84. The maximum atomic E-state index is 13.1. The van der Waals surface area contributed by atoms with E-state index in [0.29, 0.717) is 23.1 Å². The van der Waals surface area contributed by atoms with E-state index in [1.54, 1.807) is 36.5 Å². The van der Waals surface area contributed by atoms with Crippen LogP contribution in [0.15, 0.2) is 79.0 Å². The van der Waals surface area contributed by atoms with Gasteiger partial charge in [0.15, 0.2) is 0 Å². The summed E-state index contributed by atoms with van der Waals surface area (Å²) in [5.41, 5.74) is 8.55. The predicted octanol–water partition coefficient (Wildman–Crippen LogP) is 2.92. The molecule has 1 atom stereocenters. The first-order chi connectivity index (χ1) is 15.0. The van der Waals surface area contributed by atoms with Crippen LogP contribution in [0.3, 0.4) is 0 Å². The van der Waals surface area contributed by atoms with Gasteiger partial charge in [0.05, 0.1) is 18.4 Å². The number of aromatic nitrogens is 1. The van der Waals surface area contributed by atoms with Crippen molar-refractivity contribution in [3.05, 3.63) is 107 Å². The highest BCUT2D eigenvalue weighted by atomic mass is 19.1. The number of hydrogen-bond donors (Lipinski definition) is 4. The molecule has 0 saturated carbocycles. The molecule has 1 aromatic heterocycles. The number of allylic oxidation sites excluding steroid dienone is 1. The van der Waals surface area contributed by atoms with Gasteiger partial charge in [0.1, 0.15) is 5.82 Å². The molecule has 2 aromatic carbocycles. The molecule has 31 heavy (non-hydrogen) atoms. The molecule has 158 valence electrons. The van der Waals surface area contributed by atoms with Gasteiger partial charge in [0, 0.05) is 35.1 Å². The van der Waals surface area contributed by atoms with Gasteiger partial charge in [-0.3, -0.25) is 9.78 Å².